The van der Waals surface area contributed by atoms with Crippen molar-refractivity contribution in [3.63, 3.8) is 0 Å². The number of hydrogen-bond donors (Lipinski definition) is 1. The number of anilines is 1. The van der Waals surface area contributed by atoms with Crippen molar-refractivity contribution in [2.24, 2.45) is 0 Å². The summed E-state index contributed by atoms with van der Waals surface area (Å²) in [6, 6.07) is 10.4. The highest BCUT2D eigenvalue weighted by Gasteiger charge is 2.30. The molecule has 0 aliphatic rings. The molecule has 6 nitrogen and oxygen atoms in total. The summed E-state index contributed by atoms with van der Waals surface area (Å²) in [5.41, 5.74) is -0.610. The summed E-state index contributed by atoms with van der Waals surface area (Å²) in [6.07, 6.45) is -4.47. The van der Waals surface area contributed by atoms with E-state index in [1.807, 2.05) is 0 Å². The summed E-state index contributed by atoms with van der Waals surface area (Å²) in [5.74, 6) is 0.0497. The maximum absolute atomic E-state index is 12.8. The van der Waals surface area contributed by atoms with Crippen LogP contribution in [0.25, 0.3) is 0 Å². The first-order valence-electron chi connectivity index (χ1n) is 7.38. The lowest BCUT2D eigenvalue weighted by atomic mass is 10.2. The van der Waals surface area contributed by atoms with Crippen molar-refractivity contribution in [2.45, 2.75) is 13.1 Å². The topological polar surface area (TPSA) is 77.2 Å². The average molecular weight is 363 g/mol. The Morgan fingerprint density at radius 1 is 1.12 bits per heavy atom. The number of nitrogens with zero attached hydrogens (tertiary/aromatic N) is 2. The number of halogens is 3. The van der Waals surface area contributed by atoms with Crippen LogP contribution in [0.15, 0.2) is 53.1 Å². The van der Waals surface area contributed by atoms with Crippen LogP contribution in [0.2, 0.25) is 0 Å². The van der Waals surface area contributed by atoms with Crippen LogP contribution in [0.1, 0.15) is 21.7 Å². The summed E-state index contributed by atoms with van der Waals surface area (Å²) in [7, 11) is 0. The molecule has 0 spiro atoms. The monoisotopic (exact) mass is 363 g/mol. The second-order valence-electron chi connectivity index (χ2n) is 5.26. The minimum atomic E-state index is -4.47. The zero-order valence-electron chi connectivity index (χ0n) is 13.4. The number of amides is 1. The second kappa shape index (κ2) is 6.87. The quantitative estimate of drug-likeness (QED) is 0.741. The van der Waals surface area contributed by atoms with Crippen LogP contribution >= 0.6 is 0 Å². The normalized spacial score (nSPS) is 11.2. The lowest BCUT2D eigenvalue weighted by Crippen LogP contribution is -2.12. The Balaban J connectivity index is 1.76. The number of carbonyl (C=O) groups is 1. The number of benzene rings is 2. The number of aromatic nitrogens is 2. The van der Waals surface area contributed by atoms with Crippen LogP contribution < -0.4 is 10.1 Å². The molecular weight excluding hydrogens is 351 g/mol. The number of ether oxygens (including phenoxy) is 1. The predicted molar refractivity (Wildman–Crippen MR) is 84.9 cm³/mol. The third kappa shape index (κ3) is 4.18. The van der Waals surface area contributed by atoms with E-state index < -0.39 is 17.6 Å². The summed E-state index contributed by atoms with van der Waals surface area (Å²) >= 11 is 0. The highest BCUT2D eigenvalue weighted by Crippen LogP contribution is 2.32. The molecule has 0 atom stereocenters. The molecular formula is C17H12F3N3O3. The minimum absolute atomic E-state index is 0.00455. The van der Waals surface area contributed by atoms with Crippen LogP contribution in [0.3, 0.4) is 0 Å². The molecule has 0 fully saturated rings. The van der Waals surface area contributed by atoms with E-state index >= 15 is 0 Å². The molecule has 0 bridgehead atoms. The standard InChI is InChI=1S/C17H12F3N3O3/c1-10-21-16(26-23-10)22-15(24)11-4-2-6-13(8-11)25-14-7-3-5-12(9-14)17(18,19)20/h2-9H,1H3,(H,21,22,23,24). The number of hydrogen-bond acceptors (Lipinski definition) is 5. The van der Waals surface area contributed by atoms with Crippen LogP contribution in [-0.4, -0.2) is 16.0 Å². The van der Waals surface area contributed by atoms with Gasteiger partial charge >= 0.3 is 12.2 Å². The fraction of sp³-hybridized carbons (Fsp3) is 0.118. The van der Waals surface area contributed by atoms with Gasteiger partial charge in [-0.2, -0.15) is 18.2 Å². The van der Waals surface area contributed by atoms with Crippen LogP contribution in [-0.2, 0) is 6.18 Å². The Bertz CT molecular complexity index is 938. The lowest BCUT2D eigenvalue weighted by molar-refractivity contribution is -0.137. The van der Waals surface area contributed by atoms with Gasteiger partial charge < -0.3 is 9.26 Å². The Morgan fingerprint density at radius 2 is 1.81 bits per heavy atom. The molecule has 1 N–H and O–H groups in total. The van der Waals surface area contributed by atoms with E-state index in [0.717, 1.165) is 12.1 Å². The van der Waals surface area contributed by atoms with E-state index in [-0.39, 0.29) is 23.1 Å². The van der Waals surface area contributed by atoms with Gasteiger partial charge in [-0.15, -0.1) is 0 Å². The van der Waals surface area contributed by atoms with Gasteiger partial charge in [-0.05, 0) is 43.3 Å². The molecule has 134 valence electrons. The maximum atomic E-state index is 12.8. The van der Waals surface area contributed by atoms with Gasteiger partial charge in [0.25, 0.3) is 5.91 Å². The number of carbonyl (C=O) groups excluding carboxylic acids is 1. The lowest BCUT2D eigenvalue weighted by Gasteiger charge is -2.10. The molecule has 9 heteroatoms. The molecule has 3 rings (SSSR count). The Morgan fingerprint density at radius 3 is 2.46 bits per heavy atom. The van der Waals surface area contributed by atoms with Gasteiger partial charge in [0.15, 0.2) is 5.82 Å². The zero-order valence-corrected chi connectivity index (χ0v) is 13.4. The Labute approximate surface area is 145 Å². The number of alkyl halides is 3. The van der Waals surface area contributed by atoms with E-state index in [1.165, 1.54) is 36.4 Å². The fourth-order valence-corrected chi connectivity index (χ4v) is 2.09. The smallest absolute Gasteiger partial charge is 0.416 e. The number of aryl methyl sites for hydroxylation is 1. The summed E-state index contributed by atoms with van der Waals surface area (Å²) in [4.78, 5) is 16.0. The third-order valence-corrected chi connectivity index (χ3v) is 3.24. The molecule has 1 aromatic heterocycles. The van der Waals surface area contributed by atoms with Crippen LogP contribution in [0.5, 0.6) is 11.5 Å². The Hall–Kier alpha value is -3.36. The molecule has 0 saturated heterocycles. The number of rotatable bonds is 4. The van der Waals surface area contributed by atoms with Gasteiger partial charge in [0, 0.05) is 5.56 Å². The first-order valence-corrected chi connectivity index (χ1v) is 7.38. The van der Waals surface area contributed by atoms with Gasteiger partial charge in [-0.1, -0.05) is 17.3 Å². The summed E-state index contributed by atoms with van der Waals surface area (Å²) in [5, 5.41) is 5.96. The molecule has 0 unspecified atom stereocenters. The first-order chi connectivity index (χ1) is 12.3. The fourth-order valence-electron chi connectivity index (χ4n) is 2.09. The zero-order chi connectivity index (χ0) is 18.7. The molecule has 0 aliphatic heterocycles. The van der Waals surface area contributed by atoms with Gasteiger partial charge in [0.05, 0.1) is 5.56 Å². The molecule has 0 aliphatic carbocycles. The van der Waals surface area contributed by atoms with Gasteiger partial charge in [0.1, 0.15) is 11.5 Å². The maximum Gasteiger partial charge on any atom is 0.416 e. The van der Waals surface area contributed by atoms with E-state index in [2.05, 4.69) is 15.5 Å². The van der Waals surface area contributed by atoms with Crippen molar-refractivity contribution >= 4 is 11.9 Å². The van der Waals surface area contributed by atoms with Gasteiger partial charge in [-0.25, -0.2) is 0 Å². The predicted octanol–water partition coefficient (Wildman–Crippen LogP) is 4.44. The highest BCUT2D eigenvalue weighted by atomic mass is 19.4. The summed E-state index contributed by atoms with van der Waals surface area (Å²) in [6.45, 7) is 1.60. The third-order valence-electron chi connectivity index (χ3n) is 3.24. The van der Waals surface area contributed by atoms with Crippen molar-refractivity contribution in [1.29, 1.82) is 0 Å². The largest absolute Gasteiger partial charge is 0.457 e. The molecule has 0 saturated carbocycles. The second-order valence-corrected chi connectivity index (χ2v) is 5.26. The van der Waals surface area contributed by atoms with Crippen LogP contribution in [0.4, 0.5) is 19.2 Å². The molecule has 2 aromatic carbocycles. The minimum Gasteiger partial charge on any atom is -0.457 e. The van der Waals surface area contributed by atoms with Crippen molar-refractivity contribution in [3.05, 3.63) is 65.5 Å². The van der Waals surface area contributed by atoms with Crippen molar-refractivity contribution in [1.82, 2.24) is 10.1 Å². The SMILES string of the molecule is Cc1noc(NC(=O)c2cccc(Oc3cccc(C(F)(F)F)c3)c2)n1. The summed E-state index contributed by atoms with van der Waals surface area (Å²) < 4.78 is 48.5. The Kier molecular flexibility index (Phi) is 4.61. The van der Waals surface area contributed by atoms with Gasteiger partial charge in [0.2, 0.25) is 0 Å². The van der Waals surface area contributed by atoms with Gasteiger partial charge in [-0.3, -0.25) is 10.1 Å². The van der Waals surface area contributed by atoms with Crippen molar-refractivity contribution in [2.75, 3.05) is 5.32 Å². The van der Waals surface area contributed by atoms with E-state index in [4.69, 9.17) is 9.26 Å². The highest BCUT2D eigenvalue weighted by molar-refractivity contribution is 6.03. The van der Waals surface area contributed by atoms with Crippen LogP contribution in [0, 0.1) is 6.92 Å². The molecule has 26 heavy (non-hydrogen) atoms. The van der Waals surface area contributed by atoms with E-state index in [0.29, 0.717) is 5.82 Å². The average Bonchev–Trinajstić information content (AvgIpc) is 2.99. The van der Waals surface area contributed by atoms with E-state index in [1.54, 1.807) is 6.92 Å². The van der Waals surface area contributed by atoms with Crippen molar-refractivity contribution < 1.29 is 27.2 Å². The van der Waals surface area contributed by atoms with Crippen molar-refractivity contribution in [3.8, 4) is 11.5 Å². The van der Waals surface area contributed by atoms with E-state index in [9.17, 15) is 18.0 Å². The molecule has 0 radical (unpaired) electrons. The molecule has 1 heterocycles. The first kappa shape index (κ1) is 17.5. The molecule has 3 aromatic rings. The number of nitrogens with one attached hydrogen (secondary N) is 1. The molecule has 1 amide bonds.